The van der Waals surface area contributed by atoms with E-state index in [1.165, 1.54) is 62.2 Å². The summed E-state index contributed by atoms with van der Waals surface area (Å²) in [5, 5.41) is 0. The Balaban J connectivity index is 1.46. The molecule has 3 aromatic rings. The van der Waals surface area contributed by atoms with Crippen molar-refractivity contribution in [1.29, 1.82) is 0 Å². The molecule has 8 nitrogen and oxygen atoms in total. The number of hydrogen-bond acceptors (Lipinski definition) is 6. The molecule has 1 aliphatic rings. The molecule has 0 saturated carbocycles. The van der Waals surface area contributed by atoms with Gasteiger partial charge in [0, 0.05) is 45.5 Å². The predicted molar refractivity (Wildman–Crippen MR) is 158 cm³/mol. The molecule has 1 N–H and O–H groups in total. The third-order valence-corrected chi connectivity index (χ3v) is 7.41. The summed E-state index contributed by atoms with van der Waals surface area (Å²) < 4.78 is 2.47. The van der Waals surface area contributed by atoms with E-state index in [-0.39, 0.29) is 0 Å². The lowest BCUT2D eigenvalue weighted by molar-refractivity contribution is 0.269. The molecule has 0 bridgehead atoms. The Morgan fingerprint density at radius 2 is 1.79 bits per heavy atom. The molecule has 0 radical (unpaired) electrons. The Kier molecular flexibility index (Phi) is 10.8. The van der Waals surface area contributed by atoms with Crippen molar-refractivity contribution >= 4 is 16.9 Å². The van der Waals surface area contributed by atoms with Gasteiger partial charge in [0.15, 0.2) is 0 Å². The van der Waals surface area contributed by atoms with Crippen LogP contribution in [-0.4, -0.2) is 86.4 Å². The van der Waals surface area contributed by atoms with Gasteiger partial charge in [-0.15, -0.1) is 0 Å². The Morgan fingerprint density at radius 3 is 2.47 bits per heavy atom. The minimum absolute atomic E-state index is 0.768. The van der Waals surface area contributed by atoms with Gasteiger partial charge in [-0.1, -0.05) is 26.8 Å². The van der Waals surface area contributed by atoms with E-state index in [4.69, 9.17) is 9.98 Å². The van der Waals surface area contributed by atoms with Gasteiger partial charge in [-0.25, -0.2) is 9.97 Å². The van der Waals surface area contributed by atoms with Crippen LogP contribution in [0.1, 0.15) is 70.1 Å². The standard InChI is InChI=1S/C30H48N8/c1-5-16-36(17-6-2)19-9-8-10-29-34-26-12-11-25(21-27(26)38(29)18-7-3)22-37(23-28-31-13-14-32-28)24-30-33-15-20-35(30)4/h11-14,21H,5-10,15-20,22-24H2,1-4H3,(H,31,32). The number of nitrogens with one attached hydrogen (secondary N) is 1. The summed E-state index contributed by atoms with van der Waals surface area (Å²) in [4.78, 5) is 24.9. The maximum Gasteiger partial charge on any atom is 0.120 e. The van der Waals surface area contributed by atoms with Crippen molar-refractivity contribution in [3.05, 3.63) is 47.8 Å². The van der Waals surface area contributed by atoms with Crippen molar-refractivity contribution in [1.82, 2.24) is 34.2 Å². The minimum atomic E-state index is 0.768. The first-order valence-electron chi connectivity index (χ1n) is 14.8. The summed E-state index contributed by atoms with van der Waals surface area (Å²) in [7, 11) is 2.14. The number of imidazole rings is 2. The first kappa shape index (κ1) is 28.3. The zero-order valence-electron chi connectivity index (χ0n) is 24.1. The second kappa shape index (κ2) is 14.4. The number of H-pyrrole nitrogens is 1. The monoisotopic (exact) mass is 520 g/mol. The van der Waals surface area contributed by atoms with E-state index in [2.05, 4.69) is 75.3 Å². The molecule has 1 aliphatic heterocycles. The number of aromatic nitrogens is 4. The highest BCUT2D eigenvalue weighted by Crippen LogP contribution is 2.22. The molecule has 8 heteroatoms. The van der Waals surface area contributed by atoms with Gasteiger partial charge in [0.2, 0.25) is 0 Å². The van der Waals surface area contributed by atoms with Gasteiger partial charge in [0.1, 0.15) is 17.5 Å². The zero-order valence-corrected chi connectivity index (χ0v) is 24.1. The molecule has 2 aromatic heterocycles. The van der Waals surface area contributed by atoms with Crippen LogP contribution in [-0.2, 0) is 26.1 Å². The predicted octanol–water partition coefficient (Wildman–Crippen LogP) is 4.96. The largest absolute Gasteiger partial charge is 0.360 e. The number of benzene rings is 1. The van der Waals surface area contributed by atoms with Crippen LogP contribution in [0.3, 0.4) is 0 Å². The van der Waals surface area contributed by atoms with Gasteiger partial charge in [-0.2, -0.15) is 0 Å². The number of aliphatic imine (C=N–C) groups is 1. The van der Waals surface area contributed by atoms with E-state index in [1.54, 1.807) is 0 Å². The van der Waals surface area contributed by atoms with Gasteiger partial charge in [0.05, 0.1) is 30.7 Å². The van der Waals surface area contributed by atoms with Crippen LogP contribution in [0.2, 0.25) is 0 Å². The average Bonchev–Trinajstić information content (AvgIpc) is 3.64. The van der Waals surface area contributed by atoms with Gasteiger partial charge >= 0.3 is 0 Å². The normalized spacial score (nSPS) is 13.9. The second-order valence-corrected chi connectivity index (χ2v) is 10.7. The molecule has 208 valence electrons. The molecule has 0 aliphatic carbocycles. The molecule has 3 heterocycles. The SMILES string of the molecule is CCCN(CCC)CCCCc1nc2ccc(CN(CC3=NCCN3C)Cc3ncc[nH]3)cc2n1CCC. The number of nitrogens with zero attached hydrogens (tertiary/aromatic N) is 7. The molecular formula is C30H48N8. The first-order valence-corrected chi connectivity index (χ1v) is 14.8. The van der Waals surface area contributed by atoms with Gasteiger partial charge in [-0.3, -0.25) is 9.89 Å². The molecule has 0 spiro atoms. The second-order valence-electron chi connectivity index (χ2n) is 10.7. The third kappa shape index (κ3) is 7.67. The van der Waals surface area contributed by atoms with Crippen LogP contribution in [0.15, 0.2) is 35.6 Å². The number of aryl methyl sites for hydroxylation is 2. The van der Waals surface area contributed by atoms with E-state index in [1.807, 2.05) is 12.4 Å². The lowest BCUT2D eigenvalue weighted by Gasteiger charge is -2.24. The fraction of sp³-hybridized carbons (Fsp3) is 0.633. The van der Waals surface area contributed by atoms with Crippen molar-refractivity contribution in [2.45, 2.75) is 78.9 Å². The number of rotatable bonds is 17. The van der Waals surface area contributed by atoms with Crippen molar-refractivity contribution in [2.75, 3.05) is 46.3 Å². The van der Waals surface area contributed by atoms with E-state index in [0.717, 1.165) is 69.3 Å². The molecule has 4 rings (SSSR count). The summed E-state index contributed by atoms with van der Waals surface area (Å²) in [6.07, 6.45) is 10.8. The first-order chi connectivity index (χ1) is 18.6. The Bertz CT molecular complexity index is 1130. The molecule has 0 fully saturated rings. The smallest absolute Gasteiger partial charge is 0.120 e. The van der Waals surface area contributed by atoms with Crippen molar-refractivity contribution in [3.8, 4) is 0 Å². The summed E-state index contributed by atoms with van der Waals surface area (Å²) in [5.74, 6) is 3.39. The molecular weight excluding hydrogens is 472 g/mol. The average molecular weight is 521 g/mol. The highest BCUT2D eigenvalue weighted by Gasteiger charge is 2.19. The molecule has 1 aromatic carbocycles. The maximum absolute atomic E-state index is 5.09. The van der Waals surface area contributed by atoms with E-state index >= 15 is 0 Å². The Morgan fingerprint density at radius 1 is 0.947 bits per heavy atom. The number of likely N-dealkylation sites (N-methyl/N-ethyl adjacent to an activating group) is 1. The molecule has 0 saturated heterocycles. The number of aromatic amines is 1. The molecule has 38 heavy (non-hydrogen) atoms. The summed E-state index contributed by atoms with van der Waals surface area (Å²) in [5.41, 5.74) is 3.70. The van der Waals surface area contributed by atoms with Crippen LogP contribution < -0.4 is 0 Å². The number of unbranched alkanes of at least 4 members (excludes halogenated alkanes) is 1. The van der Waals surface area contributed by atoms with Crippen LogP contribution in [0.5, 0.6) is 0 Å². The third-order valence-electron chi connectivity index (χ3n) is 7.41. The number of fused-ring (bicyclic) bond motifs is 1. The van der Waals surface area contributed by atoms with E-state index < -0.39 is 0 Å². The molecule has 0 unspecified atom stereocenters. The summed E-state index contributed by atoms with van der Waals surface area (Å²) in [6, 6.07) is 6.83. The quantitative estimate of drug-likeness (QED) is 0.255. The highest BCUT2D eigenvalue weighted by atomic mass is 15.3. The fourth-order valence-electron chi connectivity index (χ4n) is 5.54. The van der Waals surface area contributed by atoms with Crippen LogP contribution >= 0.6 is 0 Å². The maximum atomic E-state index is 5.09. The van der Waals surface area contributed by atoms with Gasteiger partial charge < -0.3 is 19.4 Å². The highest BCUT2D eigenvalue weighted by molar-refractivity contribution is 5.85. The van der Waals surface area contributed by atoms with Crippen molar-refractivity contribution in [2.24, 2.45) is 4.99 Å². The fourth-order valence-corrected chi connectivity index (χ4v) is 5.54. The topological polar surface area (TPSA) is 68.6 Å². The van der Waals surface area contributed by atoms with E-state index in [0.29, 0.717) is 0 Å². The van der Waals surface area contributed by atoms with Crippen molar-refractivity contribution in [3.63, 3.8) is 0 Å². The summed E-state index contributed by atoms with van der Waals surface area (Å²) >= 11 is 0. The minimum Gasteiger partial charge on any atom is -0.360 e. The Labute approximate surface area is 229 Å². The van der Waals surface area contributed by atoms with E-state index in [9.17, 15) is 0 Å². The number of hydrogen-bond donors (Lipinski definition) is 1. The summed E-state index contributed by atoms with van der Waals surface area (Å²) in [6.45, 7) is 15.8. The zero-order chi connectivity index (χ0) is 26.7. The van der Waals surface area contributed by atoms with Crippen LogP contribution in [0.4, 0.5) is 0 Å². The van der Waals surface area contributed by atoms with Gasteiger partial charge in [0.25, 0.3) is 0 Å². The lowest BCUT2D eigenvalue weighted by Crippen LogP contribution is -2.36. The Hall–Kier alpha value is -2.71. The lowest BCUT2D eigenvalue weighted by atomic mass is 10.1. The van der Waals surface area contributed by atoms with Crippen LogP contribution in [0.25, 0.3) is 11.0 Å². The molecule has 0 amide bonds. The van der Waals surface area contributed by atoms with Gasteiger partial charge in [-0.05, 0) is 69.4 Å². The van der Waals surface area contributed by atoms with Crippen LogP contribution in [0, 0.1) is 0 Å². The number of amidine groups is 1. The molecule has 0 atom stereocenters. The van der Waals surface area contributed by atoms with Crippen molar-refractivity contribution < 1.29 is 0 Å².